The number of halogens is 1. The van der Waals surface area contributed by atoms with Crippen LogP contribution < -0.4 is 0 Å². The molecule has 3 aromatic heterocycles. The quantitative estimate of drug-likeness (QED) is 0.443. The summed E-state index contributed by atoms with van der Waals surface area (Å²) in [4.78, 5) is 16.4. The second-order valence-corrected chi connectivity index (χ2v) is 5.68. The van der Waals surface area contributed by atoms with E-state index in [4.69, 9.17) is 9.26 Å². The van der Waals surface area contributed by atoms with Gasteiger partial charge in [0, 0.05) is 21.9 Å². The molecule has 1 aliphatic rings. The normalized spacial score (nSPS) is 12.6. The first-order chi connectivity index (χ1) is 11.7. The SMILES string of the molecule is COC(=O)c1cc2c3cc(F)ccc3n3c2c(n1)-c1nocc1C3. The molecule has 0 atom stereocenters. The zero-order valence-corrected chi connectivity index (χ0v) is 12.5. The van der Waals surface area contributed by atoms with Crippen molar-refractivity contribution in [2.45, 2.75) is 6.54 Å². The third kappa shape index (κ3) is 1.56. The second-order valence-electron chi connectivity index (χ2n) is 5.68. The molecule has 1 aliphatic heterocycles. The van der Waals surface area contributed by atoms with Crippen molar-refractivity contribution in [3.05, 3.63) is 47.6 Å². The number of ether oxygens (including phenoxy) is 1. The molecule has 1 aromatic carbocycles. The molecule has 0 bridgehead atoms. The zero-order chi connectivity index (χ0) is 16.4. The van der Waals surface area contributed by atoms with Crippen molar-refractivity contribution in [3.8, 4) is 11.4 Å². The second kappa shape index (κ2) is 4.41. The molecule has 5 rings (SSSR count). The first-order valence-corrected chi connectivity index (χ1v) is 7.32. The predicted octanol–water partition coefficient (Wildman–Crippen LogP) is 3.13. The molecule has 118 valence electrons. The van der Waals surface area contributed by atoms with Gasteiger partial charge in [0.15, 0.2) is 0 Å². The molecule has 0 saturated heterocycles. The van der Waals surface area contributed by atoms with Gasteiger partial charge in [-0.1, -0.05) is 5.16 Å². The zero-order valence-electron chi connectivity index (χ0n) is 12.5. The van der Waals surface area contributed by atoms with Gasteiger partial charge in [0.2, 0.25) is 0 Å². The summed E-state index contributed by atoms with van der Waals surface area (Å²) in [6.07, 6.45) is 1.56. The summed E-state index contributed by atoms with van der Waals surface area (Å²) in [5.74, 6) is -0.889. The van der Waals surface area contributed by atoms with E-state index in [1.807, 2.05) is 4.57 Å². The van der Waals surface area contributed by atoms with Crippen molar-refractivity contribution in [2.24, 2.45) is 0 Å². The Hall–Kier alpha value is -3.22. The highest BCUT2D eigenvalue weighted by molar-refractivity contribution is 6.14. The van der Waals surface area contributed by atoms with Crippen LogP contribution in [0.1, 0.15) is 16.1 Å². The first kappa shape index (κ1) is 13.2. The van der Waals surface area contributed by atoms with Gasteiger partial charge >= 0.3 is 5.97 Å². The molecule has 0 saturated carbocycles. The van der Waals surface area contributed by atoms with Crippen LogP contribution in [0.5, 0.6) is 0 Å². The van der Waals surface area contributed by atoms with Gasteiger partial charge < -0.3 is 13.8 Å². The molecule has 0 fully saturated rings. The Morgan fingerprint density at radius 3 is 3.00 bits per heavy atom. The maximum absolute atomic E-state index is 13.8. The summed E-state index contributed by atoms with van der Waals surface area (Å²) in [7, 11) is 1.30. The van der Waals surface area contributed by atoms with Crippen LogP contribution in [0.3, 0.4) is 0 Å². The number of pyridine rings is 1. The summed E-state index contributed by atoms with van der Waals surface area (Å²) in [6.45, 7) is 0.552. The molecule has 24 heavy (non-hydrogen) atoms. The molecule has 0 spiro atoms. The molecule has 0 aliphatic carbocycles. The van der Waals surface area contributed by atoms with Crippen LogP contribution in [0.2, 0.25) is 0 Å². The molecule has 0 unspecified atom stereocenters. The number of hydrogen-bond donors (Lipinski definition) is 0. The number of methoxy groups -OCH3 is 1. The molecule has 6 nitrogen and oxygen atoms in total. The lowest BCUT2D eigenvalue weighted by molar-refractivity contribution is 0.0594. The molecular formula is C17H10FN3O3. The smallest absolute Gasteiger partial charge is 0.356 e. The van der Waals surface area contributed by atoms with Gasteiger partial charge in [0.05, 0.1) is 19.2 Å². The summed E-state index contributed by atoms with van der Waals surface area (Å²) >= 11 is 0. The minimum absolute atomic E-state index is 0.152. The molecule has 4 heterocycles. The highest BCUT2D eigenvalue weighted by atomic mass is 19.1. The number of carbonyl (C=O) groups excluding carboxylic acids is 1. The third-order valence-corrected chi connectivity index (χ3v) is 4.39. The van der Waals surface area contributed by atoms with Crippen molar-refractivity contribution < 1.29 is 18.4 Å². The Morgan fingerprint density at radius 2 is 2.17 bits per heavy atom. The van der Waals surface area contributed by atoms with Crippen molar-refractivity contribution in [3.63, 3.8) is 0 Å². The maximum atomic E-state index is 13.8. The Balaban J connectivity index is 2.00. The van der Waals surface area contributed by atoms with Crippen LogP contribution in [-0.4, -0.2) is 27.8 Å². The average molecular weight is 323 g/mol. The summed E-state index contributed by atoms with van der Waals surface area (Å²) in [5, 5.41) is 5.48. The van der Waals surface area contributed by atoms with Gasteiger partial charge in [0.25, 0.3) is 0 Å². The van der Waals surface area contributed by atoms with Gasteiger partial charge in [-0.15, -0.1) is 0 Å². The lowest BCUT2D eigenvalue weighted by Crippen LogP contribution is -2.10. The number of aromatic nitrogens is 3. The lowest BCUT2D eigenvalue weighted by Gasteiger charge is -2.15. The van der Waals surface area contributed by atoms with Crippen molar-refractivity contribution >= 4 is 27.8 Å². The van der Waals surface area contributed by atoms with Crippen LogP contribution in [0.4, 0.5) is 4.39 Å². The first-order valence-electron chi connectivity index (χ1n) is 7.32. The number of hydrogen-bond acceptors (Lipinski definition) is 5. The number of rotatable bonds is 1. The standard InChI is InChI=1S/C17H10FN3O3/c1-23-17(22)12-5-11-10-4-9(18)2-3-13(10)21-6-8-7-24-20-14(8)15(19-12)16(11)21/h2-5,7H,6H2,1H3. The van der Waals surface area contributed by atoms with Crippen LogP contribution >= 0.6 is 0 Å². The van der Waals surface area contributed by atoms with Crippen molar-refractivity contribution in [1.82, 2.24) is 14.7 Å². The lowest BCUT2D eigenvalue weighted by atomic mass is 10.1. The third-order valence-electron chi connectivity index (χ3n) is 4.39. The van der Waals surface area contributed by atoms with Crippen LogP contribution in [0.25, 0.3) is 33.2 Å². The van der Waals surface area contributed by atoms with E-state index in [1.54, 1.807) is 18.4 Å². The molecule has 7 heteroatoms. The molecular weight excluding hydrogens is 313 g/mol. The fraction of sp³-hybridized carbons (Fsp3) is 0.118. The van der Waals surface area contributed by atoms with Crippen LogP contribution in [0, 0.1) is 5.82 Å². The molecule has 0 N–H and O–H groups in total. The van der Waals surface area contributed by atoms with E-state index in [9.17, 15) is 9.18 Å². The number of nitrogens with zero attached hydrogens (tertiary/aromatic N) is 3. The minimum atomic E-state index is -0.555. The Kier molecular flexibility index (Phi) is 2.43. The Labute approximate surface area is 134 Å². The van der Waals surface area contributed by atoms with Crippen LogP contribution in [0.15, 0.2) is 35.1 Å². The largest absolute Gasteiger partial charge is 0.464 e. The number of esters is 1. The molecule has 0 radical (unpaired) electrons. The summed E-state index contributed by atoms with van der Waals surface area (Å²) in [6, 6.07) is 6.24. The number of carbonyl (C=O) groups is 1. The molecule has 0 amide bonds. The van der Waals surface area contributed by atoms with Gasteiger partial charge in [0.1, 0.15) is 29.2 Å². The van der Waals surface area contributed by atoms with E-state index in [0.717, 1.165) is 27.4 Å². The minimum Gasteiger partial charge on any atom is -0.464 e. The molecule has 4 aromatic rings. The maximum Gasteiger partial charge on any atom is 0.356 e. The van der Waals surface area contributed by atoms with Gasteiger partial charge in [-0.05, 0) is 24.3 Å². The van der Waals surface area contributed by atoms with E-state index in [2.05, 4.69) is 10.1 Å². The highest BCUT2D eigenvalue weighted by Gasteiger charge is 2.28. The van der Waals surface area contributed by atoms with Gasteiger partial charge in [-0.25, -0.2) is 14.2 Å². The highest BCUT2D eigenvalue weighted by Crippen LogP contribution is 2.40. The summed E-state index contributed by atoms with van der Waals surface area (Å²) < 4.78 is 25.7. The number of fused-ring (bicyclic) bond motifs is 5. The van der Waals surface area contributed by atoms with E-state index in [0.29, 0.717) is 17.9 Å². The van der Waals surface area contributed by atoms with E-state index in [-0.39, 0.29) is 11.5 Å². The Morgan fingerprint density at radius 1 is 1.29 bits per heavy atom. The van der Waals surface area contributed by atoms with Crippen molar-refractivity contribution in [1.29, 1.82) is 0 Å². The topological polar surface area (TPSA) is 70.2 Å². The predicted molar refractivity (Wildman–Crippen MR) is 83.1 cm³/mol. The van der Waals surface area contributed by atoms with Gasteiger partial charge in [-0.3, -0.25) is 0 Å². The fourth-order valence-corrected chi connectivity index (χ4v) is 3.37. The summed E-state index contributed by atoms with van der Waals surface area (Å²) in [5.41, 5.74) is 3.83. The average Bonchev–Trinajstić information content (AvgIpc) is 3.18. The van der Waals surface area contributed by atoms with E-state index in [1.165, 1.54) is 19.2 Å². The Bertz CT molecular complexity index is 1160. The monoisotopic (exact) mass is 323 g/mol. The van der Waals surface area contributed by atoms with E-state index < -0.39 is 5.97 Å². The fourth-order valence-electron chi connectivity index (χ4n) is 3.37. The van der Waals surface area contributed by atoms with Crippen molar-refractivity contribution in [2.75, 3.05) is 7.11 Å². The van der Waals surface area contributed by atoms with E-state index >= 15 is 0 Å². The van der Waals surface area contributed by atoms with Gasteiger partial charge in [-0.2, -0.15) is 0 Å². The number of benzene rings is 1. The van der Waals surface area contributed by atoms with Crippen LogP contribution in [-0.2, 0) is 11.3 Å².